The summed E-state index contributed by atoms with van der Waals surface area (Å²) in [5.74, 6) is -0.642. The molecule has 0 aliphatic rings. The Morgan fingerprint density at radius 2 is 2.06 bits per heavy atom. The van der Waals surface area contributed by atoms with Crippen molar-refractivity contribution in [3.63, 3.8) is 0 Å². The van der Waals surface area contributed by atoms with Gasteiger partial charge in [-0.05, 0) is 17.7 Å². The van der Waals surface area contributed by atoms with Crippen molar-refractivity contribution in [2.24, 2.45) is 5.73 Å². The Morgan fingerprint density at radius 3 is 2.53 bits per heavy atom. The third-order valence-corrected chi connectivity index (χ3v) is 2.30. The number of carboxylic acid groups (broad SMARTS) is 1. The fourth-order valence-corrected chi connectivity index (χ4v) is 1.49. The number of phenols is 1. The molecule has 0 aromatic heterocycles. The molecule has 0 spiro atoms. The lowest BCUT2D eigenvalue weighted by molar-refractivity contribution is -0.137. The molecular formula is C11H15NO5. The van der Waals surface area contributed by atoms with Gasteiger partial charge in [0.05, 0.1) is 20.6 Å². The van der Waals surface area contributed by atoms with Crippen LogP contribution in [0, 0.1) is 0 Å². The number of nitrogens with two attached hydrogens (primary N) is 1. The summed E-state index contributed by atoms with van der Waals surface area (Å²) in [6.45, 7) is 0. The molecule has 4 N–H and O–H groups in total. The molecule has 1 atom stereocenters. The van der Waals surface area contributed by atoms with Crippen LogP contribution in [0.15, 0.2) is 12.1 Å². The molecule has 1 aromatic carbocycles. The number of ether oxygens (including phenoxy) is 2. The minimum absolute atomic E-state index is 0.136. The lowest BCUT2D eigenvalue weighted by Crippen LogP contribution is -2.15. The average molecular weight is 241 g/mol. The Hall–Kier alpha value is -1.95. The van der Waals surface area contributed by atoms with Crippen LogP contribution in [0.3, 0.4) is 0 Å². The second kappa shape index (κ2) is 5.40. The molecule has 94 valence electrons. The van der Waals surface area contributed by atoms with Crippen molar-refractivity contribution < 1.29 is 24.5 Å². The van der Waals surface area contributed by atoms with Crippen LogP contribution in [0.1, 0.15) is 18.0 Å². The Morgan fingerprint density at radius 1 is 1.41 bits per heavy atom. The molecule has 17 heavy (non-hydrogen) atoms. The predicted molar refractivity (Wildman–Crippen MR) is 60.4 cm³/mol. The molecule has 6 nitrogen and oxygen atoms in total. The molecule has 1 aromatic rings. The van der Waals surface area contributed by atoms with Gasteiger partial charge in [0.1, 0.15) is 0 Å². The van der Waals surface area contributed by atoms with Crippen molar-refractivity contribution in [3.8, 4) is 17.2 Å². The first-order valence-electron chi connectivity index (χ1n) is 4.91. The van der Waals surface area contributed by atoms with Gasteiger partial charge in [-0.3, -0.25) is 4.79 Å². The Bertz CT molecular complexity index is 419. The number of hydrogen-bond donors (Lipinski definition) is 3. The van der Waals surface area contributed by atoms with Crippen LogP contribution in [-0.2, 0) is 4.79 Å². The maximum atomic E-state index is 10.5. The van der Waals surface area contributed by atoms with E-state index in [0.29, 0.717) is 11.3 Å². The largest absolute Gasteiger partial charge is 0.504 e. The molecule has 0 saturated carbocycles. The number of benzene rings is 1. The van der Waals surface area contributed by atoms with Crippen LogP contribution in [0.5, 0.6) is 17.2 Å². The summed E-state index contributed by atoms with van der Waals surface area (Å²) in [4.78, 5) is 10.5. The number of aromatic hydroxyl groups is 1. The van der Waals surface area contributed by atoms with Gasteiger partial charge in [0.15, 0.2) is 11.5 Å². The highest BCUT2D eigenvalue weighted by molar-refractivity contribution is 5.68. The Labute approximate surface area is 98.6 Å². The van der Waals surface area contributed by atoms with E-state index in [9.17, 15) is 9.90 Å². The molecule has 0 bridgehead atoms. The highest BCUT2D eigenvalue weighted by Crippen LogP contribution is 2.38. The average Bonchev–Trinajstić information content (AvgIpc) is 2.26. The zero-order valence-corrected chi connectivity index (χ0v) is 9.64. The van der Waals surface area contributed by atoms with Gasteiger partial charge in [0, 0.05) is 6.04 Å². The molecule has 6 heteroatoms. The van der Waals surface area contributed by atoms with E-state index < -0.39 is 12.0 Å². The van der Waals surface area contributed by atoms with Gasteiger partial charge in [0.2, 0.25) is 5.75 Å². The predicted octanol–water partition coefficient (Wildman–Crippen LogP) is 0.884. The molecular weight excluding hydrogens is 226 g/mol. The van der Waals surface area contributed by atoms with E-state index >= 15 is 0 Å². The van der Waals surface area contributed by atoms with Gasteiger partial charge in [-0.1, -0.05) is 0 Å². The van der Waals surface area contributed by atoms with Gasteiger partial charge in [-0.25, -0.2) is 0 Å². The first kappa shape index (κ1) is 13.1. The maximum Gasteiger partial charge on any atom is 0.305 e. The van der Waals surface area contributed by atoms with Crippen LogP contribution in [0.25, 0.3) is 0 Å². The highest BCUT2D eigenvalue weighted by Gasteiger charge is 2.17. The van der Waals surface area contributed by atoms with Crippen molar-refractivity contribution in [1.82, 2.24) is 0 Å². The summed E-state index contributed by atoms with van der Waals surface area (Å²) >= 11 is 0. The molecule has 0 radical (unpaired) electrons. The lowest BCUT2D eigenvalue weighted by atomic mass is 10.0. The van der Waals surface area contributed by atoms with Crippen LogP contribution in [-0.4, -0.2) is 30.4 Å². The van der Waals surface area contributed by atoms with E-state index in [1.165, 1.54) is 20.3 Å². The molecule has 1 rings (SSSR count). The highest BCUT2D eigenvalue weighted by atomic mass is 16.5. The molecule has 0 amide bonds. The molecule has 0 saturated heterocycles. The normalized spacial score (nSPS) is 11.9. The monoisotopic (exact) mass is 241 g/mol. The summed E-state index contributed by atoms with van der Waals surface area (Å²) in [5, 5.41) is 18.3. The number of rotatable bonds is 5. The first-order chi connectivity index (χ1) is 7.99. The number of phenolic OH excluding ortho intramolecular Hbond substituents is 1. The van der Waals surface area contributed by atoms with Gasteiger partial charge < -0.3 is 25.4 Å². The van der Waals surface area contributed by atoms with Crippen molar-refractivity contribution >= 4 is 5.97 Å². The number of hydrogen-bond acceptors (Lipinski definition) is 5. The second-order valence-electron chi connectivity index (χ2n) is 3.48. The number of carbonyl (C=O) groups is 1. The van der Waals surface area contributed by atoms with Crippen LogP contribution in [0.2, 0.25) is 0 Å². The summed E-state index contributed by atoms with van der Waals surface area (Å²) in [6, 6.07) is 2.21. The zero-order valence-electron chi connectivity index (χ0n) is 9.64. The minimum Gasteiger partial charge on any atom is -0.504 e. The Kier molecular flexibility index (Phi) is 4.17. The van der Waals surface area contributed by atoms with E-state index in [4.69, 9.17) is 20.3 Å². The van der Waals surface area contributed by atoms with Crippen molar-refractivity contribution in [2.45, 2.75) is 12.5 Å². The SMILES string of the molecule is COc1cc(C(N)CC(=O)O)cc(O)c1OC. The third kappa shape index (κ3) is 3.01. The first-order valence-corrected chi connectivity index (χ1v) is 4.91. The van der Waals surface area contributed by atoms with Gasteiger partial charge >= 0.3 is 5.97 Å². The van der Waals surface area contributed by atoms with Crippen molar-refractivity contribution in [1.29, 1.82) is 0 Å². The fraction of sp³-hybridized carbons (Fsp3) is 0.364. The number of methoxy groups -OCH3 is 2. The summed E-state index contributed by atoms with van der Waals surface area (Å²) in [6.07, 6.45) is -0.227. The van der Waals surface area contributed by atoms with Crippen LogP contribution < -0.4 is 15.2 Å². The quantitative estimate of drug-likeness (QED) is 0.707. The number of aliphatic carboxylic acids is 1. The van der Waals surface area contributed by atoms with E-state index in [0.717, 1.165) is 0 Å². The number of carboxylic acids is 1. The van der Waals surface area contributed by atoms with E-state index in [-0.39, 0.29) is 17.9 Å². The van der Waals surface area contributed by atoms with E-state index in [1.807, 2.05) is 0 Å². The van der Waals surface area contributed by atoms with Crippen molar-refractivity contribution in [3.05, 3.63) is 17.7 Å². The van der Waals surface area contributed by atoms with Gasteiger partial charge in [0.25, 0.3) is 0 Å². The molecule has 1 unspecified atom stereocenters. The second-order valence-corrected chi connectivity index (χ2v) is 3.48. The smallest absolute Gasteiger partial charge is 0.305 e. The molecule has 0 fully saturated rings. The van der Waals surface area contributed by atoms with Gasteiger partial charge in [-0.2, -0.15) is 0 Å². The topological polar surface area (TPSA) is 102 Å². The summed E-state index contributed by atoms with van der Waals surface area (Å²) in [5.41, 5.74) is 6.17. The lowest BCUT2D eigenvalue weighted by Gasteiger charge is -2.14. The van der Waals surface area contributed by atoms with Gasteiger partial charge in [-0.15, -0.1) is 0 Å². The summed E-state index contributed by atoms with van der Waals surface area (Å²) < 4.78 is 9.98. The maximum absolute atomic E-state index is 10.5. The Balaban J connectivity index is 3.10. The molecule has 0 aliphatic heterocycles. The van der Waals surface area contributed by atoms with Crippen molar-refractivity contribution in [2.75, 3.05) is 14.2 Å². The molecule has 0 heterocycles. The minimum atomic E-state index is -1.01. The summed E-state index contributed by atoms with van der Waals surface area (Å²) in [7, 11) is 2.82. The zero-order chi connectivity index (χ0) is 13.0. The van der Waals surface area contributed by atoms with E-state index in [1.54, 1.807) is 6.07 Å². The standard InChI is InChI=1S/C11H15NO5/c1-16-9-4-6(7(12)5-10(14)15)3-8(13)11(9)17-2/h3-4,7,13H,5,12H2,1-2H3,(H,14,15). The van der Waals surface area contributed by atoms with Crippen LogP contribution >= 0.6 is 0 Å². The van der Waals surface area contributed by atoms with E-state index in [2.05, 4.69) is 0 Å². The third-order valence-electron chi connectivity index (χ3n) is 2.30. The fourth-order valence-electron chi connectivity index (χ4n) is 1.49. The van der Waals surface area contributed by atoms with Crippen LogP contribution in [0.4, 0.5) is 0 Å². The molecule has 0 aliphatic carbocycles.